The second-order valence-electron chi connectivity index (χ2n) is 9.89. The Morgan fingerprint density at radius 1 is 0.682 bits per heavy atom. The highest BCUT2D eigenvalue weighted by molar-refractivity contribution is 5.68. The van der Waals surface area contributed by atoms with Gasteiger partial charge in [-0.25, -0.2) is 9.18 Å². The minimum Gasteiger partial charge on any atom is -0.295 e. The molecule has 3 aromatic carbocycles. The fourth-order valence-corrected chi connectivity index (χ4v) is 4.45. The number of nitrogens with zero attached hydrogens (tertiary/aromatic N) is 2. The monoisotopic (exact) mass is 630 g/mol. The Hall–Kier alpha value is -4.62. The van der Waals surface area contributed by atoms with E-state index < -0.39 is 70.9 Å². The zero-order valence-corrected chi connectivity index (χ0v) is 22.4. The molecule has 0 spiro atoms. The van der Waals surface area contributed by atoms with Crippen LogP contribution in [0.1, 0.15) is 44.5 Å². The van der Waals surface area contributed by atoms with Crippen LogP contribution in [0.2, 0.25) is 0 Å². The van der Waals surface area contributed by atoms with Crippen LogP contribution in [0.3, 0.4) is 0 Å². The Bertz CT molecular complexity index is 1810. The second kappa shape index (κ2) is 11.8. The molecule has 0 bridgehead atoms. The van der Waals surface area contributed by atoms with Crippen LogP contribution in [0.25, 0.3) is 12.2 Å². The van der Waals surface area contributed by atoms with Crippen molar-refractivity contribution in [1.29, 1.82) is 0 Å². The lowest BCUT2D eigenvalue weighted by atomic mass is 10.0. The molecule has 0 fully saturated rings. The molecule has 1 aromatic heterocycles. The molecule has 0 amide bonds. The molecule has 4 aromatic rings. The van der Waals surface area contributed by atoms with E-state index in [1.54, 1.807) is 0 Å². The molecule has 0 aliphatic carbocycles. The molecule has 0 aliphatic rings. The fourth-order valence-electron chi connectivity index (χ4n) is 4.45. The topological polar surface area (TPSA) is 44.0 Å². The highest BCUT2D eigenvalue weighted by Crippen LogP contribution is 2.36. The maximum absolute atomic E-state index is 13.6. The molecular weight excluding hydrogens is 610 g/mol. The summed E-state index contributed by atoms with van der Waals surface area (Å²) in [6.07, 6.45) is -11.7. The SMILES string of the molecule is Cc1cc(Cn2cc(/C=C/c3cccc(F)c3)c(=O)n(Cc3cc(C(F)(F)F)cc(C(F)(F)F)c3)c2=O)cc(C(F)(F)F)c1. The van der Waals surface area contributed by atoms with Crippen molar-refractivity contribution in [3.05, 3.63) is 138 Å². The minimum atomic E-state index is -5.20. The average Bonchev–Trinajstić information content (AvgIpc) is 2.90. The molecule has 0 saturated carbocycles. The Morgan fingerprint density at radius 3 is 1.77 bits per heavy atom. The molecule has 0 aliphatic heterocycles. The zero-order chi connectivity index (χ0) is 32.6. The second-order valence-corrected chi connectivity index (χ2v) is 9.89. The first-order chi connectivity index (χ1) is 20.3. The van der Waals surface area contributed by atoms with Gasteiger partial charge in [0.2, 0.25) is 0 Å². The predicted octanol–water partition coefficient (Wildman–Crippen LogP) is 7.78. The number of alkyl halides is 9. The molecule has 1 heterocycles. The van der Waals surface area contributed by atoms with Crippen molar-refractivity contribution in [2.75, 3.05) is 0 Å². The van der Waals surface area contributed by atoms with Crippen molar-refractivity contribution in [2.45, 2.75) is 38.5 Å². The number of hydrogen-bond acceptors (Lipinski definition) is 2. The maximum Gasteiger partial charge on any atom is 0.416 e. The number of aryl methyl sites for hydroxylation is 1. The summed E-state index contributed by atoms with van der Waals surface area (Å²) in [5.41, 5.74) is -7.26. The number of aromatic nitrogens is 2. The van der Waals surface area contributed by atoms with Gasteiger partial charge in [-0.1, -0.05) is 29.8 Å². The Morgan fingerprint density at radius 2 is 1.23 bits per heavy atom. The van der Waals surface area contributed by atoms with Gasteiger partial charge in [0.25, 0.3) is 5.56 Å². The van der Waals surface area contributed by atoms with E-state index in [2.05, 4.69) is 0 Å². The third-order valence-electron chi connectivity index (χ3n) is 6.37. The average molecular weight is 630 g/mol. The zero-order valence-electron chi connectivity index (χ0n) is 22.4. The molecule has 232 valence electrons. The third kappa shape index (κ3) is 7.66. The molecule has 44 heavy (non-hydrogen) atoms. The molecule has 4 rings (SSSR count). The van der Waals surface area contributed by atoms with Crippen LogP contribution in [-0.2, 0) is 31.6 Å². The van der Waals surface area contributed by atoms with E-state index >= 15 is 0 Å². The van der Waals surface area contributed by atoms with Gasteiger partial charge in [-0.2, -0.15) is 39.5 Å². The fraction of sp³-hybridized carbons (Fsp3) is 0.200. The summed E-state index contributed by atoms with van der Waals surface area (Å²) in [5, 5.41) is 0. The van der Waals surface area contributed by atoms with Gasteiger partial charge < -0.3 is 0 Å². The summed E-state index contributed by atoms with van der Waals surface area (Å²) in [4.78, 5) is 26.7. The number of rotatable bonds is 6. The van der Waals surface area contributed by atoms with Gasteiger partial charge in [0.15, 0.2) is 0 Å². The summed E-state index contributed by atoms with van der Waals surface area (Å²) in [7, 11) is 0. The van der Waals surface area contributed by atoms with Crippen molar-refractivity contribution in [3.8, 4) is 0 Å². The highest BCUT2D eigenvalue weighted by Gasteiger charge is 2.37. The highest BCUT2D eigenvalue weighted by atomic mass is 19.4. The normalized spacial score (nSPS) is 12.7. The lowest BCUT2D eigenvalue weighted by Gasteiger charge is -2.16. The summed E-state index contributed by atoms with van der Waals surface area (Å²) in [6.45, 7) is -0.198. The van der Waals surface area contributed by atoms with Gasteiger partial charge in [0, 0.05) is 6.20 Å². The van der Waals surface area contributed by atoms with E-state index in [0.29, 0.717) is 16.7 Å². The molecule has 14 heteroatoms. The van der Waals surface area contributed by atoms with Gasteiger partial charge in [0.05, 0.1) is 35.3 Å². The molecule has 0 atom stereocenters. The minimum absolute atomic E-state index is 0.0249. The first-order valence-electron chi connectivity index (χ1n) is 12.6. The number of hydrogen-bond donors (Lipinski definition) is 0. The largest absolute Gasteiger partial charge is 0.416 e. The van der Waals surface area contributed by atoms with E-state index in [-0.39, 0.29) is 28.3 Å². The van der Waals surface area contributed by atoms with E-state index in [4.69, 9.17) is 0 Å². The first-order valence-corrected chi connectivity index (χ1v) is 12.6. The Balaban J connectivity index is 1.90. The van der Waals surface area contributed by atoms with Crippen molar-refractivity contribution in [3.63, 3.8) is 0 Å². The molecule has 0 radical (unpaired) electrons. The lowest BCUT2D eigenvalue weighted by Crippen LogP contribution is -2.41. The van der Waals surface area contributed by atoms with Crippen LogP contribution in [0.5, 0.6) is 0 Å². The summed E-state index contributed by atoms with van der Waals surface area (Å²) in [6, 6.07) is 8.63. The van der Waals surface area contributed by atoms with E-state index in [0.717, 1.165) is 41.1 Å². The molecule has 0 saturated heterocycles. The summed E-state index contributed by atoms with van der Waals surface area (Å²) < 4.78 is 136. The Labute approximate surface area is 242 Å². The number of halogens is 10. The smallest absolute Gasteiger partial charge is 0.295 e. The molecular formula is C30H20F10N2O2. The van der Waals surface area contributed by atoms with Gasteiger partial charge in [-0.3, -0.25) is 13.9 Å². The van der Waals surface area contributed by atoms with Crippen molar-refractivity contribution in [1.82, 2.24) is 9.13 Å². The third-order valence-corrected chi connectivity index (χ3v) is 6.37. The Kier molecular flexibility index (Phi) is 8.67. The quantitative estimate of drug-likeness (QED) is 0.204. The first kappa shape index (κ1) is 32.3. The van der Waals surface area contributed by atoms with Gasteiger partial charge in [0.1, 0.15) is 5.82 Å². The maximum atomic E-state index is 13.6. The van der Waals surface area contributed by atoms with E-state index in [1.807, 2.05) is 0 Å². The van der Waals surface area contributed by atoms with Gasteiger partial charge in [-0.15, -0.1) is 0 Å². The van der Waals surface area contributed by atoms with Crippen molar-refractivity contribution >= 4 is 12.2 Å². The van der Waals surface area contributed by atoms with Gasteiger partial charge >= 0.3 is 24.2 Å². The molecule has 4 nitrogen and oxygen atoms in total. The van der Waals surface area contributed by atoms with Crippen LogP contribution >= 0.6 is 0 Å². The van der Waals surface area contributed by atoms with E-state index in [1.165, 1.54) is 31.2 Å². The predicted molar refractivity (Wildman–Crippen MR) is 141 cm³/mol. The lowest BCUT2D eigenvalue weighted by molar-refractivity contribution is -0.143. The van der Waals surface area contributed by atoms with Crippen molar-refractivity contribution < 1.29 is 43.9 Å². The molecule has 0 N–H and O–H groups in total. The van der Waals surface area contributed by atoms with Crippen molar-refractivity contribution in [2.24, 2.45) is 0 Å². The standard InChI is InChI=1S/C30H20F10N2O2/c1-17-7-19(9-22(8-17)28(32,33)34)14-41-16-21(6-5-18-3-2-4-25(31)12-18)26(43)42(27(41)44)15-20-10-23(29(35,36)37)13-24(11-20)30(38,39)40/h2-13,16H,14-15H2,1H3/b6-5+. The summed E-state index contributed by atoms with van der Waals surface area (Å²) in [5.74, 6) is -0.625. The molecule has 0 unspecified atom stereocenters. The van der Waals surface area contributed by atoms with Crippen LogP contribution < -0.4 is 11.2 Å². The van der Waals surface area contributed by atoms with E-state index in [9.17, 15) is 53.5 Å². The van der Waals surface area contributed by atoms with Crippen LogP contribution in [0, 0.1) is 12.7 Å². The summed E-state index contributed by atoms with van der Waals surface area (Å²) >= 11 is 0. The van der Waals surface area contributed by atoms with Crippen LogP contribution in [0.4, 0.5) is 43.9 Å². The van der Waals surface area contributed by atoms with Crippen LogP contribution in [0.15, 0.2) is 76.4 Å². The van der Waals surface area contributed by atoms with Crippen LogP contribution in [-0.4, -0.2) is 9.13 Å². The number of benzene rings is 3. The van der Waals surface area contributed by atoms with Gasteiger partial charge in [-0.05, 0) is 72.2 Å².